The number of nitrogens with one attached hydrogen (secondary N) is 1. The zero-order valence-electron chi connectivity index (χ0n) is 14.9. The average Bonchev–Trinajstić information content (AvgIpc) is 2.60. The molecule has 1 N–H and O–H groups in total. The van der Waals surface area contributed by atoms with Crippen molar-refractivity contribution in [3.05, 3.63) is 29.8 Å². The number of hydrogen-bond donors (Lipinski definition) is 1. The van der Waals surface area contributed by atoms with E-state index < -0.39 is 16.0 Å². The lowest BCUT2D eigenvalue weighted by Gasteiger charge is -2.28. The number of esters is 1. The van der Waals surface area contributed by atoms with Gasteiger partial charge in [0, 0.05) is 6.54 Å². The Bertz CT molecular complexity index is 674. The molecule has 6 nitrogen and oxygen atoms in total. The van der Waals surface area contributed by atoms with Crippen molar-refractivity contribution in [2.45, 2.75) is 50.5 Å². The van der Waals surface area contributed by atoms with Crippen molar-refractivity contribution in [1.29, 1.82) is 0 Å². The highest BCUT2D eigenvalue weighted by Crippen LogP contribution is 2.26. The highest BCUT2D eigenvalue weighted by Gasteiger charge is 2.22. The lowest BCUT2D eigenvalue weighted by atomic mass is 9.88. The third kappa shape index (κ3) is 5.80. The fraction of sp³-hybridized carbons (Fsp3) is 0.611. The van der Waals surface area contributed by atoms with Crippen molar-refractivity contribution in [3.8, 4) is 0 Å². The van der Waals surface area contributed by atoms with Crippen LogP contribution in [0.1, 0.15) is 49.9 Å². The molecule has 2 atom stereocenters. The van der Waals surface area contributed by atoms with Gasteiger partial charge in [0.2, 0.25) is 10.0 Å². The van der Waals surface area contributed by atoms with Crippen LogP contribution in [0.25, 0.3) is 0 Å². The molecule has 140 valence electrons. The first-order chi connectivity index (χ1) is 11.9. The topological polar surface area (TPSA) is 81.7 Å². The predicted octanol–water partition coefficient (Wildman–Crippen LogP) is 2.74. The summed E-state index contributed by atoms with van der Waals surface area (Å²) in [6, 6.07) is 5.84. The second kappa shape index (κ2) is 9.31. The van der Waals surface area contributed by atoms with Gasteiger partial charge in [0.25, 0.3) is 0 Å². The molecule has 0 radical (unpaired) electrons. The zero-order chi connectivity index (χ0) is 18.3. The van der Waals surface area contributed by atoms with Crippen LogP contribution in [0, 0.1) is 5.92 Å². The van der Waals surface area contributed by atoms with Gasteiger partial charge < -0.3 is 9.47 Å². The van der Waals surface area contributed by atoms with Crippen LogP contribution < -0.4 is 4.72 Å². The van der Waals surface area contributed by atoms with Crippen molar-refractivity contribution in [1.82, 2.24) is 4.72 Å². The van der Waals surface area contributed by atoms with Gasteiger partial charge in [0.05, 0.1) is 29.8 Å². The van der Waals surface area contributed by atoms with E-state index in [2.05, 4.69) is 11.6 Å². The molecule has 1 saturated carbocycles. The Morgan fingerprint density at radius 1 is 1.28 bits per heavy atom. The molecule has 2 unspecified atom stereocenters. The van der Waals surface area contributed by atoms with Crippen LogP contribution in [-0.4, -0.2) is 40.2 Å². The van der Waals surface area contributed by atoms with Gasteiger partial charge in [-0.3, -0.25) is 0 Å². The summed E-state index contributed by atoms with van der Waals surface area (Å²) in [5.74, 6) is -0.0132. The summed E-state index contributed by atoms with van der Waals surface area (Å²) in [5, 5.41) is 0. The number of rotatable bonds is 8. The highest BCUT2D eigenvalue weighted by atomic mass is 32.2. The van der Waals surface area contributed by atoms with E-state index in [1.165, 1.54) is 37.1 Å². The second-order valence-electron chi connectivity index (χ2n) is 6.32. The number of carbonyl (C=O) groups is 1. The van der Waals surface area contributed by atoms with E-state index in [1.807, 2.05) is 0 Å². The second-order valence-corrected chi connectivity index (χ2v) is 8.08. The van der Waals surface area contributed by atoms with Crippen LogP contribution in [0.5, 0.6) is 0 Å². The van der Waals surface area contributed by atoms with Gasteiger partial charge in [0.15, 0.2) is 0 Å². The standard InChI is InChI=1S/C18H27NO5S/c1-3-23-18(20)15-8-6-9-16(13-15)25(21,22)19-11-12-24-17-10-5-4-7-14(17)2/h6,8-9,13-14,17,19H,3-5,7,10-12H2,1-2H3. The summed E-state index contributed by atoms with van der Waals surface area (Å²) >= 11 is 0. The van der Waals surface area contributed by atoms with Crippen molar-refractivity contribution in [2.24, 2.45) is 5.92 Å². The van der Waals surface area contributed by atoms with E-state index >= 15 is 0 Å². The lowest BCUT2D eigenvalue weighted by molar-refractivity contribution is -0.00177. The van der Waals surface area contributed by atoms with Gasteiger partial charge in [-0.05, 0) is 43.9 Å². The minimum absolute atomic E-state index is 0.0455. The summed E-state index contributed by atoms with van der Waals surface area (Å²) < 4.78 is 38.0. The van der Waals surface area contributed by atoms with Gasteiger partial charge in [-0.15, -0.1) is 0 Å². The van der Waals surface area contributed by atoms with E-state index in [9.17, 15) is 13.2 Å². The summed E-state index contributed by atoms with van der Waals surface area (Å²) in [6.07, 6.45) is 4.82. The first-order valence-corrected chi connectivity index (χ1v) is 10.3. The molecule has 1 aliphatic rings. The Morgan fingerprint density at radius 3 is 2.76 bits per heavy atom. The van der Waals surface area contributed by atoms with E-state index in [1.54, 1.807) is 6.92 Å². The van der Waals surface area contributed by atoms with Crippen LogP contribution in [-0.2, 0) is 19.5 Å². The van der Waals surface area contributed by atoms with Crippen molar-refractivity contribution in [3.63, 3.8) is 0 Å². The number of hydrogen-bond acceptors (Lipinski definition) is 5. The maximum atomic E-state index is 12.4. The molecular weight excluding hydrogens is 342 g/mol. The molecule has 1 aromatic carbocycles. The Labute approximate surface area is 150 Å². The SMILES string of the molecule is CCOC(=O)c1cccc(S(=O)(=O)NCCOC2CCCCC2C)c1. The zero-order valence-corrected chi connectivity index (χ0v) is 15.7. The predicted molar refractivity (Wildman–Crippen MR) is 95.0 cm³/mol. The van der Waals surface area contributed by atoms with E-state index in [4.69, 9.17) is 9.47 Å². The van der Waals surface area contributed by atoms with E-state index in [0.29, 0.717) is 12.5 Å². The molecule has 0 aromatic heterocycles. The molecule has 1 aromatic rings. The van der Waals surface area contributed by atoms with Crippen LogP contribution in [0.2, 0.25) is 0 Å². The molecule has 0 heterocycles. The number of sulfonamides is 1. The van der Waals surface area contributed by atoms with Gasteiger partial charge >= 0.3 is 5.97 Å². The van der Waals surface area contributed by atoms with E-state index in [0.717, 1.165) is 12.8 Å². The molecule has 1 aliphatic carbocycles. The van der Waals surface area contributed by atoms with Crippen molar-refractivity contribution >= 4 is 16.0 Å². The minimum atomic E-state index is -3.69. The van der Waals surface area contributed by atoms with Gasteiger partial charge in [-0.1, -0.05) is 25.8 Å². The third-order valence-corrected chi connectivity index (χ3v) is 5.87. The Balaban J connectivity index is 1.88. The molecule has 1 fully saturated rings. The Hall–Kier alpha value is -1.44. The lowest BCUT2D eigenvalue weighted by Crippen LogP contribution is -2.32. The average molecular weight is 369 g/mol. The first-order valence-electron chi connectivity index (χ1n) is 8.82. The third-order valence-electron chi connectivity index (χ3n) is 4.41. The normalized spacial score (nSPS) is 21.0. The molecule has 0 aliphatic heterocycles. The molecule has 0 saturated heterocycles. The molecule has 25 heavy (non-hydrogen) atoms. The number of carbonyl (C=O) groups excluding carboxylic acids is 1. The van der Waals surface area contributed by atoms with Gasteiger partial charge in [-0.2, -0.15) is 0 Å². The van der Waals surface area contributed by atoms with E-state index in [-0.39, 0.29) is 29.7 Å². The van der Waals surface area contributed by atoms with Gasteiger partial charge in [0.1, 0.15) is 0 Å². The quantitative estimate of drug-likeness (QED) is 0.563. The highest BCUT2D eigenvalue weighted by molar-refractivity contribution is 7.89. The summed E-state index contributed by atoms with van der Waals surface area (Å²) in [6.45, 7) is 4.66. The molecule has 0 spiro atoms. The minimum Gasteiger partial charge on any atom is -0.462 e. The molecule has 2 rings (SSSR count). The first kappa shape index (κ1) is 19.9. The van der Waals surface area contributed by atoms with Crippen molar-refractivity contribution in [2.75, 3.05) is 19.8 Å². The Kier molecular flexibility index (Phi) is 7.40. The fourth-order valence-corrected chi connectivity index (χ4v) is 4.06. The molecular formula is C18H27NO5S. The summed E-state index contributed by atoms with van der Waals surface area (Å²) in [4.78, 5) is 11.8. The largest absolute Gasteiger partial charge is 0.462 e. The fourth-order valence-electron chi connectivity index (χ4n) is 3.00. The van der Waals surface area contributed by atoms with Crippen LogP contribution in [0.4, 0.5) is 0 Å². The van der Waals surface area contributed by atoms with Crippen LogP contribution in [0.3, 0.4) is 0 Å². The van der Waals surface area contributed by atoms with Crippen LogP contribution in [0.15, 0.2) is 29.2 Å². The maximum Gasteiger partial charge on any atom is 0.338 e. The molecule has 0 amide bonds. The summed E-state index contributed by atoms with van der Waals surface area (Å²) in [5.41, 5.74) is 0.219. The van der Waals surface area contributed by atoms with Crippen molar-refractivity contribution < 1.29 is 22.7 Å². The molecule has 0 bridgehead atoms. The smallest absolute Gasteiger partial charge is 0.338 e. The van der Waals surface area contributed by atoms with Crippen LogP contribution >= 0.6 is 0 Å². The monoisotopic (exact) mass is 369 g/mol. The molecule has 7 heteroatoms. The number of ether oxygens (including phenoxy) is 2. The van der Waals surface area contributed by atoms with Gasteiger partial charge in [-0.25, -0.2) is 17.9 Å². The summed E-state index contributed by atoms with van der Waals surface area (Å²) in [7, 11) is -3.69. The maximum absolute atomic E-state index is 12.4. The number of benzene rings is 1. The Morgan fingerprint density at radius 2 is 2.04 bits per heavy atom.